The average Bonchev–Trinajstić information content (AvgIpc) is 2.70. The lowest BCUT2D eigenvalue weighted by atomic mass is 10.3. The van der Waals surface area contributed by atoms with Crippen LogP contribution in [0.2, 0.25) is 10.0 Å². The van der Waals surface area contributed by atoms with Crippen molar-refractivity contribution >= 4 is 34.8 Å². The van der Waals surface area contributed by atoms with E-state index in [4.69, 9.17) is 23.2 Å². The number of imidazole rings is 1. The normalized spacial score (nSPS) is 11.8. The lowest BCUT2D eigenvalue weighted by Crippen LogP contribution is -2.37. The maximum absolute atomic E-state index is 12.0. The standard InChI is InChI=1S/C11H8Cl2F3N3O/c12-6-3-8(13)9-18-7(5-19(9)4-6)1-2-17-10(20)11(14,15)16/h3-5H,1-2H2,(H,17,20). The van der Waals surface area contributed by atoms with Crippen molar-refractivity contribution in [1.82, 2.24) is 14.7 Å². The summed E-state index contributed by atoms with van der Waals surface area (Å²) in [6, 6.07) is 1.51. The van der Waals surface area contributed by atoms with Gasteiger partial charge in [0.2, 0.25) is 0 Å². The van der Waals surface area contributed by atoms with Crippen molar-refractivity contribution in [2.45, 2.75) is 12.6 Å². The molecule has 0 fully saturated rings. The number of nitrogens with zero attached hydrogens (tertiary/aromatic N) is 2. The number of fused-ring (bicyclic) bond motifs is 1. The molecule has 2 heterocycles. The quantitative estimate of drug-likeness (QED) is 0.943. The van der Waals surface area contributed by atoms with E-state index in [1.54, 1.807) is 22.1 Å². The van der Waals surface area contributed by atoms with Crippen LogP contribution in [0.3, 0.4) is 0 Å². The number of amides is 1. The van der Waals surface area contributed by atoms with Crippen LogP contribution in [0.15, 0.2) is 18.5 Å². The molecule has 4 nitrogen and oxygen atoms in total. The molecule has 0 aliphatic rings. The number of carbonyl (C=O) groups is 1. The number of nitrogens with one attached hydrogen (secondary N) is 1. The van der Waals surface area contributed by atoms with Gasteiger partial charge in [-0.25, -0.2) is 4.98 Å². The maximum Gasteiger partial charge on any atom is 0.471 e. The zero-order valence-electron chi connectivity index (χ0n) is 9.84. The monoisotopic (exact) mass is 325 g/mol. The van der Waals surface area contributed by atoms with E-state index >= 15 is 0 Å². The number of hydrogen-bond donors (Lipinski definition) is 1. The Morgan fingerprint density at radius 3 is 2.70 bits per heavy atom. The van der Waals surface area contributed by atoms with Crippen LogP contribution in [0, 0.1) is 0 Å². The third kappa shape index (κ3) is 3.34. The lowest BCUT2D eigenvalue weighted by molar-refractivity contribution is -0.173. The van der Waals surface area contributed by atoms with Crippen LogP contribution in [0.1, 0.15) is 5.69 Å². The van der Waals surface area contributed by atoms with Gasteiger partial charge in [0.15, 0.2) is 5.65 Å². The first kappa shape index (κ1) is 14.9. The first-order chi connectivity index (χ1) is 9.27. The molecule has 0 spiro atoms. The molecule has 0 unspecified atom stereocenters. The Kier molecular flexibility index (Phi) is 4.10. The highest BCUT2D eigenvalue weighted by atomic mass is 35.5. The smallest absolute Gasteiger partial charge is 0.348 e. The molecule has 9 heteroatoms. The van der Waals surface area contributed by atoms with E-state index in [1.165, 1.54) is 6.07 Å². The number of hydrogen-bond acceptors (Lipinski definition) is 2. The Hall–Kier alpha value is -1.47. The summed E-state index contributed by atoms with van der Waals surface area (Å²) in [5.74, 6) is -1.97. The van der Waals surface area contributed by atoms with Crippen molar-refractivity contribution in [2.75, 3.05) is 6.54 Å². The third-order valence-corrected chi connectivity index (χ3v) is 2.93. The Labute approximate surface area is 121 Å². The minimum atomic E-state index is -4.88. The molecule has 0 atom stereocenters. The Morgan fingerprint density at radius 2 is 2.05 bits per heavy atom. The molecule has 0 aliphatic heterocycles. The fourth-order valence-corrected chi connectivity index (χ4v) is 2.13. The molecule has 2 aromatic rings. The first-order valence-corrected chi connectivity index (χ1v) is 6.20. The molecule has 20 heavy (non-hydrogen) atoms. The van der Waals surface area contributed by atoms with E-state index in [0.717, 1.165) is 0 Å². The summed E-state index contributed by atoms with van der Waals surface area (Å²) in [6.07, 6.45) is -1.56. The summed E-state index contributed by atoms with van der Waals surface area (Å²) in [7, 11) is 0. The van der Waals surface area contributed by atoms with E-state index < -0.39 is 12.1 Å². The number of alkyl halides is 3. The van der Waals surface area contributed by atoms with E-state index in [1.807, 2.05) is 0 Å². The molecule has 1 N–H and O–H groups in total. The van der Waals surface area contributed by atoms with Crippen molar-refractivity contribution in [3.63, 3.8) is 0 Å². The van der Waals surface area contributed by atoms with Crippen molar-refractivity contribution in [3.05, 3.63) is 34.2 Å². The van der Waals surface area contributed by atoms with Crippen LogP contribution in [-0.4, -0.2) is 28.0 Å². The predicted molar refractivity (Wildman–Crippen MR) is 68.0 cm³/mol. The maximum atomic E-state index is 12.0. The Balaban J connectivity index is 2.04. The second-order valence-corrected chi connectivity index (χ2v) is 4.82. The zero-order valence-corrected chi connectivity index (χ0v) is 11.4. The molecule has 0 aliphatic carbocycles. The van der Waals surface area contributed by atoms with Gasteiger partial charge in [-0.1, -0.05) is 23.2 Å². The molecule has 108 valence electrons. The summed E-state index contributed by atoms with van der Waals surface area (Å²) in [5, 5.41) is 2.52. The number of halogens is 5. The Bertz CT molecular complexity index is 654. The highest BCUT2D eigenvalue weighted by molar-refractivity contribution is 6.36. The van der Waals surface area contributed by atoms with Crippen LogP contribution in [0.25, 0.3) is 5.65 Å². The van der Waals surface area contributed by atoms with Gasteiger partial charge in [-0.2, -0.15) is 13.2 Å². The fourth-order valence-electron chi connectivity index (χ4n) is 1.60. The lowest BCUT2D eigenvalue weighted by Gasteiger charge is -2.06. The number of rotatable bonds is 3. The molecular formula is C11H8Cl2F3N3O. The minimum Gasteiger partial charge on any atom is -0.348 e. The molecule has 0 bridgehead atoms. The van der Waals surface area contributed by atoms with Gasteiger partial charge in [-0.3, -0.25) is 4.79 Å². The summed E-state index contributed by atoms with van der Waals surface area (Å²) in [4.78, 5) is 14.8. The van der Waals surface area contributed by atoms with Crippen LogP contribution < -0.4 is 5.32 Å². The van der Waals surface area contributed by atoms with Crippen molar-refractivity contribution in [3.8, 4) is 0 Å². The third-order valence-electron chi connectivity index (χ3n) is 2.45. The minimum absolute atomic E-state index is 0.150. The molecule has 0 saturated heterocycles. The van der Waals surface area contributed by atoms with Gasteiger partial charge in [-0.15, -0.1) is 0 Å². The second kappa shape index (κ2) is 5.49. The Morgan fingerprint density at radius 1 is 1.35 bits per heavy atom. The van der Waals surface area contributed by atoms with Gasteiger partial charge in [-0.05, 0) is 6.07 Å². The largest absolute Gasteiger partial charge is 0.471 e. The molecule has 2 rings (SSSR count). The zero-order chi connectivity index (χ0) is 14.9. The van der Waals surface area contributed by atoms with Gasteiger partial charge in [0.1, 0.15) is 0 Å². The average molecular weight is 326 g/mol. The van der Waals surface area contributed by atoms with Gasteiger partial charge in [0.25, 0.3) is 0 Å². The second-order valence-electron chi connectivity index (χ2n) is 3.97. The summed E-state index contributed by atoms with van der Waals surface area (Å²) in [5.41, 5.74) is 0.949. The van der Waals surface area contributed by atoms with Gasteiger partial charge >= 0.3 is 12.1 Å². The van der Waals surface area contributed by atoms with Crippen LogP contribution in [0.5, 0.6) is 0 Å². The van der Waals surface area contributed by atoms with Crippen molar-refractivity contribution in [2.24, 2.45) is 0 Å². The number of aromatic nitrogens is 2. The van der Waals surface area contributed by atoms with E-state index in [-0.39, 0.29) is 13.0 Å². The highest BCUT2D eigenvalue weighted by Gasteiger charge is 2.38. The summed E-state index contributed by atoms with van der Waals surface area (Å²) >= 11 is 11.7. The van der Waals surface area contributed by atoms with E-state index in [9.17, 15) is 18.0 Å². The van der Waals surface area contributed by atoms with E-state index in [2.05, 4.69) is 4.98 Å². The molecule has 0 saturated carbocycles. The predicted octanol–water partition coefficient (Wildman–Crippen LogP) is 2.86. The highest BCUT2D eigenvalue weighted by Crippen LogP contribution is 2.21. The molecular weight excluding hydrogens is 318 g/mol. The van der Waals surface area contributed by atoms with Crippen LogP contribution in [-0.2, 0) is 11.2 Å². The molecule has 2 aromatic heterocycles. The topological polar surface area (TPSA) is 46.4 Å². The first-order valence-electron chi connectivity index (χ1n) is 5.45. The summed E-state index contributed by atoms with van der Waals surface area (Å²) < 4.78 is 37.5. The molecule has 0 radical (unpaired) electrons. The van der Waals surface area contributed by atoms with Crippen LogP contribution in [0.4, 0.5) is 13.2 Å². The number of carbonyl (C=O) groups excluding carboxylic acids is 1. The fraction of sp³-hybridized carbons (Fsp3) is 0.273. The van der Waals surface area contributed by atoms with Gasteiger partial charge < -0.3 is 9.72 Å². The van der Waals surface area contributed by atoms with E-state index in [0.29, 0.717) is 21.4 Å². The summed E-state index contributed by atoms with van der Waals surface area (Å²) in [6.45, 7) is -0.173. The SMILES string of the molecule is O=C(NCCc1cn2cc(Cl)cc(Cl)c2n1)C(F)(F)F. The molecule has 1 amide bonds. The van der Waals surface area contributed by atoms with Crippen LogP contribution >= 0.6 is 23.2 Å². The molecule has 0 aromatic carbocycles. The van der Waals surface area contributed by atoms with Crippen molar-refractivity contribution in [1.29, 1.82) is 0 Å². The van der Waals surface area contributed by atoms with Gasteiger partial charge in [0.05, 0.1) is 15.7 Å². The number of pyridine rings is 1. The van der Waals surface area contributed by atoms with Crippen molar-refractivity contribution < 1.29 is 18.0 Å². The van der Waals surface area contributed by atoms with Gasteiger partial charge in [0, 0.05) is 25.4 Å².